The minimum atomic E-state index is 0. The van der Waals surface area contributed by atoms with E-state index in [0.29, 0.717) is 0 Å². The molecule has 4 heteroatoms. The van der Waals surface area contributed by atoms with E-state index in [1.165, 1.54) is 22.3 Å². The summed E-state index contributed by atoms with van der Waals surface area (Å²) in [5.74, 6) is 0. The Labute approximate surface area is 128 Å². The third-order valence-electron chi connectivity index (χ3n) is 4.80. The number of quaternary nitrogens is 1. The number of nitrogens with zero attached hydrogens (tertiary/aromatic N) is 3. The fourth-order valence-corrected chi connectivity index (χ4v) is 3.01. The summed E-state index contributed by atoms with van der Waals surface area (Å²) >= 11 is 0. The van der Waals surface area contributed by atoms with Crippen molar-refractivity contribution in [1.29, 1.82) is 0 Å². The van der Waals surface area contributed by atoms with Crippen LogP contribution in [0, 0.1) is 27.7 Å². The van der Waals surface area contributed by atoms with Crippen LogP contribution in [0.5, 0.6) is 0 Å². The van der Waals surface area contributed by atoms with Gasteiger partial charge in [0.05, 0.1) is 27.2 Å². The number of benzene rings is 1. The molecule has 116 valence electrons. The highest BCUT2D eigenvalue weighted by Gasteiger charge is 2.31. The highest BCUT2D eigenvalue weighted by Crippen LogP contribution is 2.32. The number of fused-ring (bicyclic) bond motifs is 1. The third kappa shape index (κ3) is 2.42. The average molecular weight is 290 g/mol. The Morgan fingerprint density at radius 3 is 2.19 bits per heavy atom. The highest BCUT2D eigenvalue weighted by atomic mass is 16.4. The van der Waals surface area contributed by atoms with Crippen molar-refractivity contribution < 1.29 is 8.90 Å². The number of anilines is 1. The Hall–Kier alpha value is -1.55. The maximum absolute atomic E-state index is 6.10. The lowest BCUT2D eigenvalue weighted by Gasteiger charge is -2.22. The van der Waals surface area contributed by atoms with Crippen LogP contribution in [0.1, 0.15) is 29.7 Å². The van der Waals surface area contributed by atoms with Gasteiger partial charge in [0, 0.05) is 0 Å². The molecule has 3 rings (SSSR count). The summed E-state index contributed by atoms with van der Waals surface area (Å²) < 4.78 is 7.09. The first kappa shape index (κ1) is 15.8. The number of aryl methyl sites for hydroxylation is 2. The van der Waals surface area contributed by atoms with Crippen LogP contribution in [-0.2, 0) is 0 Å². The summed E-state index contributed by atoms with van der Waals surface area (Å²) in [4.78, 5) is 7.03. The molecule has 0 N–H and O–H groups in total. The molecule has 2 heterocycles. The zero-order valence-electron chi connectivity index (χ0n) is 13.4. The van der Waals surface area contributed by atoms with E-state index >= 15 is 0 Å². The average Bonchev–Trinajstić information content (AvgIpc) is 2.97. The van der Waals surface area contributed by atoms with Gasteiger partial charge in [-0.2, -0.15) is 4.98 Å². The molecular weight excluding hydrogens is 262 g/mol. The third-order valence-corrected chi connectivity index (χ3v) is 4.80. The van der Waals surface area contributed by atoms with Gasteiger partial charge in [0.2, 0.25) is 0 Å². The SMILES string of the molecule is C.Cc1c(C)c(C)c2oc(N3CC[N+](C)(C)C3)nc2c1C. The van der Waals surface area contributed by atoms with Crippen LogP contribution in [0.2, 0.25) is 0 Å². The molecule has 0 atom stereocenters. The van der Waals surface area contributed by atoms with E-state index in [2.05, 4.69) is 46.7 Å². The molecular formula is C17H28N3O+. The van der Waals surface area contributed by atoms with Crippen molar-refractivity contribution in [2.45, 2.75) is 35.1 Å². The molecule has 1 aromatic carbocycles. The van der Waals surface area contributed by atoms with Gasteiger partial charge in [-0.25, -0.2) is 0 Å². The van der Waals surface area contributed by atoms with Crippen molar-refractivity contribution in [1.82, 2.24) is 4.98 Å². The lowest BCUT2D eigenvalue weighted by Crippen LogP contribution is -2.38. The summed E-state index contributed by atoms with van der Waals surface area (Å²) in [6.07, 6.45) is 0. The number of hydrogen-bond acceptors (Lipinski definition) is 3. The molecule has 2 aromatic rings. The molecule has 1 fully saturated rings. The monoisotopic (exact) mass is 290 g/mol. The first-order chi connectivity index (χ1) is 9.30. The summed E-state index contributed by atoms with van der Waals surface area (Å²) in [6.45, 7) is 11.7. The van der Waals surface area contributed by atoms with E-state index in [1.807, 2.05) is 0 Å². The van der Waals surface area contributed by atoms with Gasteiger partial charge < -0.3 is 8.90 Å². The van der Waals surface area contributed by atoms with Crippen molar-refractivity contribution >= 4 is 17.1 Å². The van der Waals surface area contributed by atoms with Crippen molar-refractivity contribution in [2.75, 3.05) is 38.8 Å². The van der Waals surface area contributed by atoms with Gasteiger partial charge in [-0.05, 0) is 49.9 Å². The predicted molar refractivity (Wildman–Crippen MR) is 88.9 cm³/mol. The van der Waals surface area contributed by atoms with E-state index in [9.17, 15) is 0 Å². The van der Waals surface area contributed by atoms with Crippen LogP contribution in [0.25, 0.3) is 11.1 Å². The van der Waals surface area contributed by atoms with Gasteiger partial charge in [-0.15, -0.1) is 0 Å². The summed E-state index contributed by atoms with van der Waals surface area (Å²) in [7, 11) is 4.49. The molecule has 0 radical (unpaired) electrons. The molecule has 21 heavy (non-hydrogen) atoms. The Balaban J connectivity index is 0.00000161. The first-order valence-electron chi connectivity index (χ1n) is 7.24. The van der Waals surface area contributed by atoms with Gasteiger partial charge in [-0.3, -0.25) is 4.90 Å². The van der Waals surface area contributed by atoms with E-state index in [1.54, 1.807) is 0 Å². The molecule has 0 bridgehead atoms. The molecule has 0 spiro atoms. The quantitative estimate of drug-likeness (QED) is 0.752. The zero-order chi connectivity index (χ0) is 14.7. The van der Waals surface area contributed by atoms with Gasteiger partial charge in [0.1, 0.15) is 5.52 Å². The fourth-order valence-electron chi connectivity index (χ4n) is 3.01. The van der Waals surface area contributed by atoms with Crippen molar-refractivity contribution in [3.63, 3.8) is 0 Å². The normalized spacial score (nSPS) is 17.3. The Bertz CT molecular complexity index is 640. The number of oxazole rings is 1. The molecule has 0 saturated carbocycles. The molecule has 0 unspecified atom stereocenters. The van der Waals surface area contributed by atoms with Crippen LogP contribution < -0.4 is 4.90 Å². The predicted octanol–water partition coefficient (Wildman–Crippen LogP) is 3.55. The Kier molecular flexibility index (Phi) is 3.79. The molecule has 1 aliphatic heterocycles. The van der Waals surface area contributed by atoms with Crippen LogP contribution in [0.15, 0.2) is 4.42 Å². The summed E-state index contributed by atoms with van der Waals surface area (Å²) in [6, 6.07) is 0.778. The Morgan fingerprint density at radius 2 is 1.62 bits per heavy atom. The second kappa shape index (κ2) is 5.02. The smallest absolute Gasteiger partial charge is 0.302 e. The van der Waals surface area contributed by atoms with E-state index < -0.39 is 0 Å². The van der Waals surface area contributed by atoms with Crippen LogP contribution in [0.3, 0.4) is 0 Å². The molecule has 0 amide bonds. The molecule has 1 saturated heterocycles. The van der Waals surface area contributed by atoms with Gasteiger partial charge in [0.25, 0.3) is 0 Å². The van der Waals surface area contributed by atoms with Crippen molar-refractivity contribution in [3.05, 3.63) is 22.3 Å². The summed E-state index contributed by atoms with van der Waals surface area (Å²) in [5.41, 5.74) is 7.08. The number of likely N-dealkylation sites (N-methyl/N-ethyl adjacent to an activating group) is 1. The maximum Gasteiger partial charge on any atom is 0.302 e. The van der Waals surface area contributed by atoms with Gasteiger partial charge >= 0.3 is 6.01 Å². The zero-order valence-corrected chi connectivity index (χ0v) is 13.4. The van der Waals surface area contributed by atoms with E-state index in [4.69, 9.17) is 9.40 Å². The van der Waals surface area contributed by atoms with Crippen molar-refractivity contribution in [3.8, 4) is 0 Å². The largest absolute Gasteiger partial charge is 0.423 e. The Morgan fingerprint density at radius 1 is 1.00 bits per heavy atom. The topological polar surface area (TPSA) is 29.3 Å². The van der Waals surface area contributed by atoms with E-state index in [-0.39, 0.29) is 7.43 Å². The minimum Gasteiger partial charge on any atom is -0.423 e. The molecule has 1 aromatic heterocycles. The highest BCUT2D eigenvalue weighted by molar-refractivity contribution is 5.84. The van der Waals surface area contributed by atoms with Crippen LogP contribution in [-0.4, -0.2) is 43.3 Å². The van der Waals surface area contributed by atoms with Gasteiger partial charge in [0.15, 0.2) is 12.3 Å². The lowest BCUT2D eigenvalue weighted by molar-refractivity contribution is -0.876. The van der Waals surface area contributed by atoms with Gasteiger partial charge in [-0.1, -0.05) is 7.43 Å². The van der Waals surface area contributed by atoms with Crippen LogP contribution >= 0.6 is 0 Å². The molecule has 1 aliphatic rings. The standard InChI is InChI=1S/C16H24N3O.CH4/c1-10-11(2)13(4)15-14(12(10)3)17-16(20-15)18-7-8-19(5,6)9-18;/h7-9H2,1-6H3;1H4/q+1;. The second-order valence-corrected chi connectivity index (χ2v) is 6.74. The fraction of sp³-hybridized carbons (Fsp3) is 0.588. The van der Waals surface area contributed by atoms with Crippen LogP contribution in [0.4, 0.5) is 6.01 Å². The van der Waals surface area contributed by atoms with E-state index in [0.717, 1.165) is 41.4 Å². The minimum absolute atomic E-state index is 0. The number of hydrogen-bond donors (Lipinski definition) is 0. The lowest BCUT2D eigenvalue weighted by atomic mass is 9.98. The molecule has 0 aliphatic carbocycles. The number of aromatic nitrogens is 1. The van der Waals surface area contributed by atoms with Crippen molar-refractivity contribution in [2.24, 2.45) is 0 Å². The maximum atomic E-state index is 6.10. The molecule has 4 nitrogen and oxygen atoms in total. The summed E-state index contributed by atoms with van der Waals surface area (Å²) in [5, 5.41) is 0. The first-order valence-corrected chi connectivity index (χ1v) is 7.24. The number of rotatable bonds is 1. The second-order valence-electron chi connectivity index (χ2n) is 6.74.